The molecule has 0 unspecified atom stereocenters. The summed E-state index contributed by atoms with van der Waals surface area (Å²) >= 11 is 0. The largest absolute Gasteiger partial charge is 0.459 e. The molecule has 0 spiro atoms. The third kappa shape index (κ3) is 0.586. The SMILES string of the molecule is C=C1O[C@@H]2COC(=O)[C@@H]2O1. The van der Waals surface area contributed by atoms with Crippen molar-refractivity contribution in [1.82, 2.24) is 0 Å². The molecule has 0 radical (unpaired) electrons. The third-order valence-corrected chi connectivity index (χ3v) is 1.50. The number of hydrogen-bond donors (Lipinski definition) is 0. The van der Waals surface area contributed by atoms with Crippen LogP contribution in [0.3, 0.4) is 0 Å². The predicted molar refractivity (Wildman–Crippen MR) is 29.8 cm³/mol. The van der Waals surface area contributed by atoms with Gasteiger partial charge in [-0.3, -0.25) is 0 Å². The predicted octanol–water partition coefficient (Wildman–Crippen LogP) is -0.202. The van der Waals surface area contributed by atoms with Crippen molar-refractivity contribution in [2.75, 3.05) is 6.61 Å². The molecule has 0 aliphatic carbocycles. The summed E-state index contributed by atoms with van der Waals surface area (Å²) in [5.41, 5.74) is 0. The monoisotopic (exact) mass is 142 g/mol. The van der Waals surface area contributed by atoms with Crippen molar-refractivity contribution in [3.8, 4) is 0 Å². The molecule has 2 aliphatic heterocycles. The van der Waals surface area contributed by atoms with E-state index in [0.717, 1.165) is 0 Å². The highest BCUT2D eigenvalue weighted by Crippen LogP contribution is 2.26. The molecular formula is C6H6O4. The van der Waals surface area contributed by atoms with Crippen molar-refractivity contribution in [3.05, 3.63) is 12.5 Å². The van der Waals surface area contributed by atoms with E-state index in [1.807, 2.05) is 0 Å². The molecule has 0 N–H and O–H groups in total. The molecule has 4 heteroatoms. The molecule has 0 amide bonds. The number of esters is 1. The first-order valence-electron chi connectivity index (χ1n) is 2.96. The van der Waals surface area contributed by atoms with E-state index in [2.05, 4.69) is 11.3 Å². The molecule has 0 saturated carbocycles. The van der Waals surface area contributed by atoms with Gasteiger partial charge in [-0.05, 0) is 6.58 Å². The fourth-order valence-corrected chi connectivity index (χ4v) is 1.04. The molecule has 0 aromatic heterocycles. The fourth-order valence-electron chi connectivity index (χ4n) is 1.04. The van der Waals surface area contributed by atoms with Crippen LogP contribution in [0.4, 0.5) is 0 Å². The molecule has 4 nitrogen and oxygen atoms in total. The molecule has 2 heterocycles. The summed E-state index contributed by atoms with van der Waals surface area (Å²) in [6.07, 6.45) is -0.826. The topological polar surface area (TPSA) is 44.8 Å². The van der Waals surface area contributed by atoms with E-state index < -0.39 is 6.10 Å². The standard InChI is InChI=1S/C6H6O4/c1-3-9-4-2-8-6(7)5(4)10-3/h4-5H,1-2H2/t4-,5-/m1/s1. The van der Waals surface area contributed by atoms with Crippen molar-refractivity contribution < 1.29 is 19.0 Å². The quantitative estimate of drug-likeness (QED) is 0.439. The highest BCUT2D eigenvalue weighted by atomic mass is 16.8. The van der Waals surface area contributed by atoms with Crippen LogP contribution in [0.5, 0.6) is 0 Å². The maximum atomic E-state index is 10.7. The minimum absolute atomic E-state index is 0.214. The lowest BCUT2D eigenvalue weighted by atomic mass is 10.3. The first kappa shape index (κ1) is 5.58. The van der Waals surface area contributed by atoms with Crippen LogP contribution in [0.1, 0.15) is 0 Å². The van der Waals surface area contributed by atoms with Crippen LogP contribution >= 0.6 is 0 Å². The number of fused-ring (bicyclic) bond motifs is 1. The maximum Gasteiger partial charge on any atom is 0.351 e. The minimum atomic E-state index is -0.563. The highest BCUT2D eigenvalue weighted by Gasteiger charge is 2.46. The Hall–Kier alpha value is -1.19. The van der Waals surface area contributed by atoms with E-state index in [0.29, 0.717) is 0 Å². The highest BCUT2D eigenvalue weighted by molar-refractivity contribution is 5.78. The van der Waals surface area contributed by atoms with Crippen molar-refractivity contribution in [2.24, 2.45) is 0 Å². The summed E-state index contributed by atoms with van der Waals surface area (Å²) in [5, 5.41) is 0. The second-order valence-electron chi connectivity index (χ2n) is 2.20. The molecular weight excluding hydrogens is 136 g/mol. The number of carbonyl (C=O) groups is 1. The normalized spacial score (nSPS) is 36.4. The fraction of sp³-hybridized carbons (Fsp3) is 0.500. The van der Waals surface area contributed by atoms with E-state index in [1.54, 1.807) is 0 Å². The number of cyclic esters (lactones) is 1. The van der Waals surface area contributed by atoms with Crippen molar-refractivity contribution >= 4 is 5.97 Å². The van der Waals surface area contributed by atoms with E-state index in [9.17, 15) is 4.79 Å². The Balaban J connectivity index is 2.19. The maximum absolute atomic E-state index is 10.7. The van der Waals surface area contributed by atoms with Crippen LogP contribution in [0.15, 0.2) is 12.5 Å². The van der Waals surface area contributed by atoms with Crippen molar-refractivity contribution in [2.45, 2.75) is 12.2 Å². The lowest BCUT2D eigenvalue weighted by Gasteiger charge is -1.98. The lowest BCUT2D eigenvalue weighted by Crippen LogP contribution is -2.22. The second kappa shape index (κ2) is 1.65. The number of rotatable bonds is 0. The number of carbonyl (C=O) groups excluding carboxylic acids is 1. The number of hydrogen-bond acceptors (Lipinski definition) is 4. The van der Waals surface area contributed by atoms with Crippen LogP contribution in [0, 0.1) is 0 Å². The Morgan fingerprint density at radius 3 is 3.00 bits per heavy atom. The van der Waals surface area contributed by atoms with Crippen LogP contribution in [-0.2, 0) is 19.0 Å². The summed E-state index contributed by atoms with van der Waals surface area (Å²) in [6, 6.07) is 0. The van der Waals surface area contributed by atoms with Gasteiger partial charge in [0.1, 0.15) is 6.61 Å². The molecule has 0 bridgehead atoms. The van der Waals surface area contributed by atoms with Gasteiger partial charge in [-0.15, -0.1) is 0 Å². The van der Waals surface area contributed by atoms with Gasteiger partial charge < -0.3 is 14.2 Å². The first-order valence-corrected chi connectivity index (χ1v) is 2.96. The Labute approximate surface area is 57.4 Å². The molecule has 10 heavy (non-hydrogen) atoms. The van der Waals surface area contributed by atoms with Gasteiger partial charge in [0.2, 0.25) is 6.10 Å². The summed E-state index contributed by atoms with van der Waals surface area (Å²) < 4.78 is 14.5. The van der Waals surface area contributed by atoms with Gasteiger partial charge in [-0.1, -0.05) is 0 Å². The zero-order valence-electron chi connectivity index (χ0n) is 5.20. The third-order valence-electron chi connectivity index (χ3n) is 1.50. The molecule has 0 aromatic carbocycles. The zero-order valence-corrected chi connectivity index (χ0v) is 5.20. The summed E-state index contributed by atoms with van der Waals surface area (Å²) in [4.78, 5) is 10.7. The minimum Gasteiger partial charge on any atom is -0.459 e. The van der Waals surface area contributed by atoms with E-state index in [1.165, 1.54) is 0 Å². The van der Waals surface area contributed by atoms with Gasteiger partial charge in [0.15, 0.2) is 6.10 Å². The smallest absolute Gasteiger partial charge is 0.351 e. The van der Waals surface area contributed by atoms with Crippen LogP contribution < -0.4 is 0 Å². The second-order valence-corrected chi connectivity index (χ2v) is 2.20. The average molecular weight is 142 g/mol. The first-order chi connectivity index (χ1) is 4.77. The average Bonchev–Trinajstić information content (AvgIpc) is 2.35. The van der Waals surface area contributed by atoms with Crippen LogP contribution in [-0.4, -0.2) is 24.8 Å². The Morgan fingerprint density at radius 1 is 1.50 bits per heavy atom. The zero-order chi connectivity index (χ0) is 7.14. The summed E-state index contributed by atoms with van der Waals surface area (Å²) in [6.45, 7) is 3.70. The Morgan fingerprint density at radius 2 is 2.30 bits per heavy atom. The summed E-state index contributed by atoms with van der Waals surface area (Å²) in [5.74, 6) is -0.143. The van der Waals surface area contributed by atoms with Crippen LogP contribution in [0.25, 0.3) is 0 Å². The molecule has 2 aliphatic rings. The van der Waals surface area contributed by atoms with Crippen molar-refractivity contribution in [1.29, 1.82) is 0 Å². The molecule has 0 aromatic rings. The van der Waals surface area contributed by atoms with Gasteiger partial charge in [-0.2, -0.15) is 0 Å². The van der Waals surface area contributed by atoms with E-state index in [4.69, 9.17) is 9.47 Å². The lowest BCUT2D eigenvalue weighted by molar-refractivity contribution is -0.145. The van der Waals surface area contributed by atoms with Crippen molar-refractivity contribution in [3.63, 3.8) is 0 Å². The van der Waals surface area contributed by atoms with Gasteiger partial charge in [0, 0.05) is 0 Å². The van der Waals surface area contributed by atoms with Gasteiger partial charge in [0.25, 0.3) is 5.95 Å². The van der Waals surface area contributed by atoms with E-state index in [-0.39, 0.29) is 24.6 Å². The van der Waals surface area contributed by atoms with Crippen LogP contribution in [0.2, 0.25) is 0 Å². The molecule has 2 fully saturated rings. The molecule has 2 atom stereocenters. The summed E-state index contributed by atoms with van der Waals surface area (Å²) in [7, 11) is 0. The Bertz CT molecular complexity index is 198. The Kier molecular flexibility index (Phi) is 0.922. The molecule has 2 rings (SSSR count). The van der Waals surface area contributed by atoms with Gasteiger partial charge in [-0.25, -0.2) is 4.79 Å². The van der Waals surface area contributed by atoms with Gasteiger partial charge in [0.05, 0.1) is 0 Å². The molecule has 54 valence electrons. The molecule has 2 saturated heterocycles. The van der Waals surface area contributed by atoms with Gasteiger partial charge >= 0.3 is 5.97 Å². The van der Waals surface area contributed by atoms with E-state index >= 15 is 0 Å². The number of ether oxygens (including phenoxy) is 3.